The fraction of sp³-hybridized carbons (Fsp3) is 0.533. The van der Waals surface area contributed by atoms with Crippen molar-refractivity contribution in [2.75, 3.05) is 31.2 Å². The minimum atomic E-state index is 0.105. The summed E-state index contributed by atoms with van der Waals surface area (Å²) in [5.41, 5.74) is 1.15. The zero-order chi connectivity index (χ0) is 14.0. The second-order valence-corrected chi connectivity index (χ2v) is 5.97. The van der Waals surface area contributed by atoms with Crippen LogP contribution >= 0.6 is 11.8 Å². The van der Waals surface area contributed by atoms with E-state index in [-0.39, 0.29) is 5.91 Å². The second-order valence-electron chi connectivity index (χ2n) is 4.82. The van der Waals surface area contributed by atoms with Crippen LogP contribution in [0.5, 0.6) is 0 Å². The fourth-order valence-corrected chi connectivity index (χ4v) is 3.02. The van der Waals surface area contributed by atoms with Gasteiger partial charge in [-0.2, -0.15) is 11.8 Å². The number of carbonyl (C=O) groups is 1. The molecule has 0 saturated carbocycles. The predicted octanol–water partition coefficient (Wildman–Crippen LogP) is 1.41. The van der Waals surface area contributed by atoms with Crippen LogP contribution < -0.4 is 10.6 Å². The lowest BCUT2D eigenvalue weighted by Crippen LogP contribution is -2.41. The molecule has 1 unspecified atom stereocenters. The maximum absolute atomic E-state index is 11.7. The van der Waals surface area contributed by atoms with E-state index in [1.54, 1.807) is 0 Å². The van der Waals surface area contributed by atoms with Gasteiger partial charge in [-0.05, 0) is 5.56 Å². The Morgan fingerprint density at radius 1 is 1.40 bits per heavy atom. The summed E-state index contributed by atoms with van der Waals surface area (Å²) < 4.78 is 5.53. The molecule has 1 saturated heterocycles. The highest BCUT2D eigenvalue weighted by atomic mass is 32.2. The molecule has 20 heavy (non-hydrogen) atoms. The fourth-order valence-electron chi connectivity index (χ4n) is 2.07. The van der Waals surface area contributed by atoms with Crippen LogP contribution in [0.25, 0.3) is 0 Å². The average Bonchev–Trinajstić information content (AvgIpc) is 2.49. The van der Waals surface area contributed by atoms with Gasteiger partial charge in [-0.3, -0.25) is 4.79 Å². The van der Waals surface area contributed by atoms with Crippen molar-refractivity contribution < 1.29 is 9.53 Å². The number of amides is 1. The summed E-state index contributed by atoms with van der Waals surface area (Å²) in [5, 5.41) is 6.26. The topological polar surface area (TPSA) is 50.4 Å². The molecule has 110 valence electrons. The van der Waals surface area contributed by atoms with Crippen LogP contribution in [0, 0.1) is 0 Å². The van der Waals surface area contributed by atoms with Gasteiger partial charge in [0.15, 0.2) is 0 Å². The number of hydrogen-bond donors (Lipinski definition) is 2. The summed E-state index contributed by atoms with van der Waals surface area (Å²) in [4.78, 5) is 11.7. The largest absolute Gasteiger partial charge is 0.375 e. The Bertz CT molecular complexity index is 394. The van der Waals surface area contributed by atoms with Gasteiger partial charge in [0.25, 0.3) is 0 Å². The Kier molecular flexibility index (Phi) is 6.91. The predicted molar refractivity (Wildman–Crippen MR) is 82.8 cm³/mol. The van der Waals surface area contributed by atoms with Gasteiger partial charge in [0, 0.05) is 37.1 Å². The summed E-state index contributed by atoms with van der Waals surface area (Å²) in [6, 6.07) is 10.4. The van der Waals surface area contributed by atoms with Crippen molar-refractivity contribution in [3.63, 3.8) is 0 Å². The maximum atomic E-state index is 11.7. The number of ether oxygens (including phenoxy) is 1. The van der Waals surface area contributed by atoms with Gasteiger partial charge in [0.1, 0.15) is 0 Å². The van der Waals surface area contributed by atoms with E-state index in [4.69, 9.17) is 4.74 Å². The molecule has 5 heteroatoms. The standard InChI is InChI=1S/C15H22N2O2S/c18-15(10-14-12-20-9-7-16-14)17-6-8-19-11-13-4-2-1-3-5-13/h1-5,14,16H,6-12H2,(H,17,18). The van der Waals surface area contributed by atoms with E-state index in [0.29, 0.717) is 32.2 Å². The van der Waals surface area contributed by atoms with Crippen molar-refractivity contribution in [3.8, 4) is 0 Å². The van der Waals surface area contributed by atoms with Gasteiger partial charge >= 0.3 is 0 Å². The average molecular weight is 294 g/mol. The van der Waals surface area contributed by atoms with E-state index in [9.17, 15) is 4.79 Å². The first-order valence-electron chi connectivity index (χ1n) is 7.04. The van der Waals surface area contributed by atoms with Crippen molar-refractivity contribution in [2.24, 2.45) is 0 Å². The van der Waals surface area contributed by atoms with Crippen LogP contribution in [0.2, 0.25) is 0 Å². The quantitative estimate of drug-likeness (QED) is 0.747. The molecule has 1 aliphatic rings. The molecule has 0 spiro atoms. The third kappa shape index (κ3) is 5.94. The molecule has 4 nitrogen and oxygen atoms in total. The molecule has 2 rings (SSSR count). The lowest BCUT2D eigenvalue weighted by atomic mass is 10.2. The van der Waals surface area contributed by atoms with Crippen LogP contribution in [-0.4, -0.2) is 43.2 Å². The van der Waals surface area contributed by atoms with Gasteiger partial charge in [-0.15, -0.1) is 0 Å². The van der Waals surface area contributed by atoms with E-state index in [1.165, 1.54) is 0 Å². The van der Waals surface area contributed by atoms with Crippen LogP contribution in [0.15, 0.2) is 30.3 Å². The van der Waals surface area contributed by atoms with Gasteiger partial charge in [0.05, 0.1) is 13.2 Å². The Morgan fingerprint density at radius 2 is 2.25 bits per heavy atom. The van der Waals surface area contributed by atoms with Gasteiger partial charge < -0.3 is 15.4 Å². The summed E-state index contributed by atoms with van der Waals surface area (Å²) in [7, 11) is 0. The Hall–Kier alpha value is -1.04. The summed E-state index contributed by atoms with van der Waals surface area (Å²) >= 11 is 1.91. The molecule has 1 fully saturated rings. The van der Waals surface area contributed by atoms with Crippen LogP contribution in [0.3, 0.4) is 0 Å². The van der Waals surface area contributed by atoms with Crippen molar-refractivity contribution in [3.05, 3.63) is 35.9 Å². The summed E-state index contributed by atoms with van der Waals surface area (Å²) in [6.07, 6.45) is 0.561. The van der Waals surface area contributed by atoms with Gasteiger partial charge in [-0.25, -0.2) is 0 Å². The van der Waals surface area contributed by atoms with E-state index in [0.717, 1.165) is 23.6 Å². The monoisotopic (exact) mass is 294 g/mol. The highest BCUT2D eigenvalue weighted by Crippen LogP contribution is 2.09. The molecule has 1 aromatic carbocycles. The van der Waals surface area contributed by atoms with Crippen LogP contribution in [-0.2, 0) is 16.1 Å². The highest BCUT2D eigenvalue weighted by Gasteiger charge is 2.16. The minimum absolute atomic E-state index is 0.105. The molecule has 0 aliphatic carbocycles. The smallest absolute Gasteiger partial charge is 0.221 e. The Labute approximate surface area is 124 Å². The molecule has 2 N–H and O–H groups in total. The maximum Gasteiger partial charge on any atom is 0.221 e. The molecule has 1 atom stereocenters. The summed E-state index contributed by atoms with van der Waals surface area (Å²) in [5.74, 6) is 2.27. The molecule has 1 aliphatic heterocycles. The molecule has 0 radical (unpaired) electrons. The van der Waals surface area contributed by atoms with Crippen LogP contribution in [0.4, 0.5) is 0 Å². The lowest BCUT2D eigenvalue weighted by molar-refractivity contribution is -0.121. The van der Waals surface area contributed by atoms with E-state index in [1.807, 2.05) is 42.1 Å². The summed E-state index contributed by atoms with van der Waals surface area (Å²) in [6.45, 7) is 2.72. The minimum Gasteiger partial charge on any atom is -0.375 e. The first kappa shape index (κ1) is 15.4. The van der Waals surface area contributed by atoms with Crippen LogP contribution in [0.1, 0.15) is 12.0 Å². The highest BCUT2D eigenvalue weighted by molar-refractivity contribution is 7.99. The zero-order valence-electron chi connectivity index (χ0n) is 11.6. The Morgan fingerprint density at radius 3 is 3.00 bits per heavy atom. The SMILES string of the molecule is O=C(CC1CSCCN1)NCCOCc1ccccc1. The number of carbonyl (C=O) groups excluding carboxylic acids is 1. The molecule has 1 aromatic rings. The second kappa shape index (κ2) is 9.00. The zero-order valence-corrected chi connectivity index (χ0v) is 12.5. The first-order valence-corrected chi connectivity index (χ1v) is 8.19. The van der Waals surface area contributed by atoms with E-state index in [2.05, 4.69) is 10.6 Å². The van der Waals surface area contributed by atoms with Crippen molar-refractivity contribution in [1.82, 2.24) is 10.6 Å². The van der Waals surface area contributed by atoms with E-state index >= 15 is 0 Å². The lowest BCUT2D eigenvalue weighted by Gasteiger charge is -2.22. The van der Waals surface area contributed by atoms with Crippen molar-refractivity contribution in [2.45, 2.75) is 19.1 Å². The Balaban J connectivity index is 1.51. The molecule has 1 heterocycles. The molecule has 0 bridgehead atoms. The van der Waals surface area contributed by atoms with E-state index < -0.39 is 0 Å². The normalized spacial score (nSPS) is 18.7. The third-order valence-electron chi connectivity index (χ3n) is 3.11. The molecule has 1 amide bonds. The molecular weight excluding hydrogens is 272 g/mol. The van der Waals surface area contributed by atoms with Gasteiger partial charge in [0.2, 0.25) is 5.91 Å². The number of hydrogen-bond acceptors (Lipinski definition) is 4. The number of rotatable bonds is 7. The number of nitrogens with one attached hydrogen (secondary N) is 2. The van der Waals surface area contributed by atoms with Crippen molar-refractivity contribution in [1.29, 1.82) is 0 Å². The first-order chi connectivity index (χ1) is 9.84. The number of thioether (sulfide) groups is 1. The molecular formula is C15H22N2O2S. The van der Waals surface area contributed by atoms with Crippen molar-refractivity contribution >= 4 is 17.7 Å². The van der Waals surface area contributed by atoms with Gasteiger partial charge in [-0.1, -0.05) is 30.3 Å². The molecule has 0 aromatic heterocycles. The third-order valence-corrected chi connectivity index (χ3v) is 4.24. The number of benzene rings is 1.